The maximum Gasteiger partial charge on any atom is -0.0273 e. The van der Waals surface area contributed by atoms with Crippen molar-refractivity contribution in [2.24, 2.45) is 0 Å². The van der Waals surface area contributed by atoms with E-state index >= 15 is 0 Å². The maximum atomic E-state index is 2.44. The van der Waals surface area contributed by atoms with Crippen molar-refractivity contribution in [2.75, 3.05) is 0 Å². The molecule has 0 nitrogen and oxygen atoms in total. The van der Waals surface area contributed by atoms with Gasteiger partial charge in [0.05, 0.1) is 0 Å². The first-order valence-electron chi connectivity index (χ1n) is 7.07. The SMILES string of the molecule is c1cc2c3c(c1CCCCC2)CCCCC3. The quantitative estimate of drug-likeness (QED) is 0.567. The summed E-state index contributed by atoms with van der Waals surface area (Å²) >= 11 is 0. The number of hydrogen-bond donors (Lipinski definition) is 0. The average molecular weight is 214 g/mol. The third-order valence-electron chi connectivity index (χ3n) is 4.37. The molecule has 0 saturated heterocycles. The Hall–Kier alpha value is -0.780. The van der Waals surface area contributed by atoms with E-state index in [2.05, 4.69) is 12.1 Å². The van der Waals surface area contributed by atoms with E-state index in [1.807, 2.05) is 0 Å². The molecule has 0 saturated carbocycles. The molecule has 0 radical (unpaired) electrons. The third-order valence-corrected chi connectivity index (χ3v) is 4.37. The van der Waals surface area contributed by atoms with Gasteiger partial charge in [0.2, 0.25) is 0 Å². The Kier molecular flexibility index (Phi) is 2.99. The summed E-state index contributed by atoms with van der Waals surface area (Å²) in [6.07, 6.45) is 13.9. The van der Waals surface area contributed by atoms with Crippen LogP contribution >= 0.6 is 0 Å². The average Bonchev–Trinajstić information content (AvgIpc) is 2.45. The first-order valence-corrected chi connectivity index (χ1v) is 7.07. The van der Waals surface area contributed by atoms with Crippen molar-refractivity contribution in [3.05, 3.63) is 34.4 Å². The molecule has 2 aliphatic rings. The van der Waals surface area contributed by atoms with Crippen LogP contribution in [0.1, 0.15) is 60.8 Å². The topological polar surface area (TPSA) is 0 Å². The van der Waals surface area contributed by atoms with Gasteiger partial charge in [-0.25, -0.2) is 0 Å². The van der Waals surface area contributed by atoms with Gasteiger partial charge in [-0.15, -0.1) is 0 Å². The van der Waals surface area contributed by atoms with E-state index in [1.165, 1.54) is 64.2 Å². The van der Waals surface area contributed by atoms with Gasteiger partial charge in [-0.2, -0.15) is 0 Å². The van der Waals surface area contributed by atoms with Gasteiger partial charge in [0.15, 0.2) is 0 Å². The first-order chi connectivity index (χ1) is 7.95. The monoisotopic (exact) mass is 214 g/mol. The van der Waals surface area contributed by atoms with Gasteiger partial charge in [-0.3, -0.25) is 0 Å². The van der Waals surface area contributed by atoms with E-state index in [-0.39, 0.29) is 0 Å². The van der Waals surface area contributed by atoms with Crippen LogP contribution in [0, 0.1) is 0 Å². The van der Waals surface area contributed by atoms with Gasteiger partial charge in [-0.05, 0) is 73.6 Å². The zero-order chi connectivity index (χ0) is 10.8. The molecule has 0 spiro atoms. The highest BCUT2D eigenvalue weighted by atomic mass is 14.2. The molecule has 2 bridgehead atoms. The highest BCUT2D eigenvalue weighted by molar-refractivity contribution is 5.42. The van der Waals surface area contributed by atoms with Crippen LogP contribution in [-0.4, -0.2) is 0 Å². The minimum atomic E-state index is 1.34. The molecule has 0 atom stereocenters. The molecule has 86 valence electrons. The third kappa shape index (κ3) is 1.90. The Labute approximate surface area is 99.1 Å². The van der Waals surface area contributed by atoms with Gasteiger partial charge >= 0.3 is 0 Å². The smallest absolute Gasteiger partial charge is 0.0273 e. The fraction of sp³-hybridized carbons (Fsp3) is 0.625. The number of benzene rings is 1. The van der Waals surface area contributed by atoms with Crippen molar-refractivity contribution >= 4 is 0 Å². The standard InChI is InChI=1S/C16H22/c1-3-7-13-11-12-14(8-4-1)16-10-6-2-5-9-15(13)16/h11-12H,1-10H2. The fourth-order valence-electron chi connectivity index (χ4n) is 3.47. The number of rotatable bonds is 0. The number of hydrogen-bond acceptors (Lipinski definition) is 0. The molecule has 1 aromatic rings. The lowest BCUT2D eigenvalue weighted by atomic mass is 9.90. The summed E-state index contributed by atoms with van der Waals surface area (Å²) in [5.74, 6) is 0. The maximum absolute atomic E-state index is 2.44. The molecule has 1 aromatic carbocycles. The Morgan fingerprint density at radius 3 is 1.44 bits per heavy atom. The summed E-state index contributed by atoms with van der Waals surface area (Å²) in [6, 6.07) is 4.87. The molecule has 0 amide bonds. The molecule has 0 heteroatoms. The summed E-state index contributed by atoms with van der Waals surface area (Å²) in [5, 5.41) is 0. The largest absolute Gasteiger partial charge is 0.0585 e. The predicted molar refractivity (Wildman–Crippen MR) is 69.0 cm³/mol. The minimum absolute atomic E-state index is 1.34. The van der Waals surface area contributed by atoms with E-state index in [4.69, 9.17) is 0 Å². The molecule has 0 unspecified atom stereocenters. The van der Waals surface area contributed by atoms with Crippen molar-refractivity contribution in [3.8, 4) is 0 Å². The zero-order valence-corrected chi connectivity index (χ0v) is 10.2. The van der Waals surface area contributed by atoms with Crippen molar-refractivity contribution in [3.63, 3.8) is 0 Å². The van der Waals surface area contributed by atoms with Gasteiger partial charge < -0.3 is 0 Å². The van der Waals surface area contributed by atoms with Crippen LogP contribution in [0.2, 0.25) is 0 Å². The lowest BCUT2D eigenvalue weighted by molar-refractivity contribution is 0.674. The second kappa shape index (κ2) is 4.61. The normalized spacial score (nSPS) is 20.5. The Morgan fingerprint density at radius 1 is 0.500 bits per heavy atom. The van der Waals surface area contributed by atoms with Crippen LogP contribution in [0.5, 0.6) is 0 Å². The molecule has 0 aliphatic heterocycles. The lowest BCUT2D eigenvalue weighted by Crippen LogP contribution is -2.01. The summed E-state index contributed by atoms with van der Waals surface area (Å²) in [6.45, 7) is 0. The molecular weight excluding hydrogens is 192 g/mol. The summed E-state index contributed by atoms with van der Waals surface area (Å²) in [7, 11) is 0. The Balaban J connectivity index is 2.09. The molecular formula is C16H22. The zero-order valence-electron chi connectivity index (χ0n) is 10.2. The van der Waals surface area contributed by atoms with Gasteiger partial charge in [0.25, 0.3) is 0 Å². The van der Waals surface area contributed by atoms with E-state index in [9.17, 15) is 0 Å². The van der Waals surface area contributed by atoms with Crippen LogP contribution in [0.15, 0.2) is 12.1 Å². The van der Waals surface area contributed by atoms with Crippen LogP contribution in [-0.2, 0) is 25.7 Å². The highest BCUT2D eigenvalue weighted by Crippen LogP contribution is 2.30. The molecule has 2 aliphatic carbocycles. The first kappa shape index (κ1) is 10.4. The van der Waals surface area contributed by atoms with Crippen molar-refractivity contribution in [1.29, 1.82) is 0 Å². The summed E-state index contributed by atoms with van der Waals surface area (Å²) < 4.78 is 0. The molecule has 0 N–H and O–H groups in total. The Bertz CT molecular complexity index is 341. The van der Waals surface area contributed by atoms with Crippen molar-refractivity contribution in [1.82, 2.24) is 0 Å². The second-order valence-corrected chi connectivity index (χ2v) is 5.46. The lowest BCUT2D eigenvalue weighted by Gasteiger charge is -2.15. The van der Waals surface area contributed by atoms with Crippen LogP contribution in [0.4, 0.5) is 0 Å². The van der Waals surface area contributed by atoms with E-state index < -0.39 is 0 Å². The fourth-order valence-corrected chi connectivity index (χ4v) is 3.47. The van der Waals surface area contributed by atoms with Crippen molar-refractivity contribution < 1.29 is 0 Å². The van der Waals surface area contributed by atoms with Crippen molar-refractivity contribution in [2.45, 2.75) is 64.2 Å². The molecule has 0 fully saturated rings. The van der Waals surface area contributed by atoms with E-state index in [0.717, 1.165) is 0 Å². The van der Waals surface area contributed by atoms with E-state index in [0.29, 0.717) is 0 Å². The van der Waals surface area contributed by atoms with Gasteiger partial charge in [-0.1, -0.05) is 25.0 Å². The van der Waals surface area contributed by atoms with Crippen LogP contribution < -0.4 is 0 Å². The highest BCUT2D eigenvalue weighted by Gasteiger charge is 2.16. The predicted octanol–water partition coefficient (Wildman–Crippen LogP) is 4.22. The summed E-state index contributed by atoms with van der Waals surface area (Å²) in [5.41, 5.74) is 6.89. The van der Waals surface area contributed by atoms with Crippen LogP contribution in [0.3, 0.4) is 0 Å². The molecule has 3 rings (SSSR count). The molecule has 0 heterocycles. The Morgan fingerprint density at radius 2 is 0.938 bits per heavy atom. The van der Waals surface area contributed by atoms with Gasteiger partial charge in [0, 0.05) is 0 Å². The van der Waals surface area contributed by atoms with E-state index in [1.54, 1.807) is 22.3 Å². The van der Waals surface area contributed by atoms with Gasteiger partial charge in [0.1, 0.15) is 0 Å². The van der Waals surface area contributed by atoms with Crippen LogP contribution in [0.25, 0.3) is 0 Å². The second-order valence-electron chi connectivity index (χ2n) is 5.46. The molecule has 0 aromatic heterocycles. The number of aryl methyl sites for hydroxylation is 2. The summed E-state index contributed by atoms with van der Waals surface area (Å²) in [4.78, 5) is 0. The molecule has 16 heavy (non-hydrogen) atoms. The minimum Gasteiger partial charge on any atom is -0.0585 e.